The van der Waals surface area contributed by atoms with Crippen molar-refractivity contribution < 1.29 is 14.3 Å². The Hall–Kier alpha value is -1.78. The third kappa shape index (κ3) is 3.40. The fourth-order valence-corrected chi connectivity index (χ4v) is 2.03. The van der Waals surface area contributed by atoms with Gasteiger partial charge in [0, 0.05) is 16.1 Å². The first-order valence-electron chi connectivity index (χ1n) is 5.64. The maximum Gasteiger partial charge on any atom is 0.131 e. The van der Waals surface area contributed by atoms with Gasteiger partial charge in [0.25, 0.3) is 0 Å². The lowest BCUT2D eigenvalue weighted by atomic mass is 10.2. The van der Waals surface area contributed by atoms with Gasteiger partial charge >= 0.3 is 0 Å². The van der Waals surface area contributed by atoms with Crippen molar-refractivity contribution in [2.75, 3.05) is 0 Å². The van der Waals surface area contributed by atoms with Crippen molar-refractivity contribution in [3.05, 3.63) is 63.4 Å². The Labute approximate surface area is 125 Å². The maximum atomic E-state index is 13.6. The van der Waals surface area contributed by atoms with E-state index in [-0.39, 0.29) is 17.2 Å². The van der Waals surface area contributed by atoms with E-state index in [1.54, 1.807) is 24.3 Å². The minimum absolute atomic E-state index is 0.0423. The molecule has 1 N–H and O–H groups in total. The molecule has 6 heteroatoms. The van der Waals surface area contributed by atoms with Gasteiger partial charge in [-0.1, -0.05) is 34.4 Å². The van der Waals surface area contributed by atoms with E-state index in [1.165, 1.54) is 18.3 Å². The molecule has 0 saturated carbocycles. The van der Waals surface area contributed by atoms with Crippen LogP contribution in [-0.2, 0) is 6.61 Å². The zero-order valence-corrected chi connectivity index (χ0v) is 11.7. The first-order valence-corrected chi connectivity index (χ1v) is 6.40. The second-order valence-electron chi connectivity index (χ2n) is 3.92. The first-order chi connectivity index (χ1) is 9.61. The molecule has 0 unspecified atom stereocenters. The standard InChI is InChI=1S/C14H10Cl2FNO2/c15-10-4-5-14(9(6-10)7-18-19)20-8-11-12(16)2-1-3-13(11)17/h1-7,19H,8H2. The van der Waals surface area contributed by atoms with Crippen LogP contribution in [0.5, 0.6) is 5.75 Å². The number of hydrogen-bond donors (Lipinski definition) is 1. The Kier molecular flexibility index (Phi) is 4.82. The Balaban J connectivity index is 2.23. The normalized spacial score (nSPS) is 10.9. The van der Waals surface area contributed by atoms with E-state index in [9.17, 15) is 4.39 Å². The average molecular weight is 314 g/mol. The van der Waals surface area contributed by atoms with E-state index in [4.69, 9.17) is 33.1 Å². The largest absolute Gasteiger partial charge is 0.488 e. The van der Waals surface area contributed by atoms with E-state index in [0.717, 1.165) is 0 Å². The summed E-state index contributed by atoms with van der Waals surface area (Å²) >= 11 is 11.8. The van der Waals surface area contributed by atoms with E-state index >= 15 is 0 Å². The summed E-state index contributed by atoms with van der Waals surface area (Å²) in [6.45, 7) is -0.0423. The summed E-state index contributed by atoms with van der Waals surface area (Å²) in [5, 5.41) is 12.3. The lowest BCUT2D eigenvalue weighted by Crippen LogP contribution is -2.01. The maximum absolute atomic E-state index is 13.6. The van der Waals surface area contributed by atoms with E-state index in [2.05, 4.69) is 5.16 Å². The molecule has 2 aromatic rings. The zero-order chi connectivity index (χ0) is 14.5. The summed E-state index contributed by atoms with van der Waals surface area (Å²) in [5.41, 5.74) is 0.739. The minimum Gasteiger partial charge on any atom is -0.488 e. The third-order valence-electron chi connectivity index (χ3n) is 2.60. The van der Waals surface area contributed by atoms with Crippen LogP contribution >= 0.6 is 23.2 Å². The van der Waals surface area contributed by atoms with Gasteiger partial charge in [0.1, 0.15) is 18.2 Å². The third-order valence-corrected chi connectivity index (χ3v) is 3.19. The highest BCUT2D eigenvalue weighted by molar-refractivity contribution is 6.31. The van der Waals surface area contributed by atoms with E-state index < -0.39 is 5.82 Å². The van der Waals surface area contributed by atoms with Gasteiger partial charge < -0.3 is 9.94 Å². The zero-order valence-electron chi connectivity index (χ0n) is 10.2. The molecule has 0 aliphatic rings. The van der Waals surface area contributed by atoms with E-state index in [0.29, 0.717) is 16.3 Å². The fourth-order valence-electron chi connectivity index (χ4n) is 1.63. The smallest absolute Gasteiger partial charge is 0.131 e. The van der Waals surface area contributed by atoms with Crippen molar-refractivity contribution in [2.24, 2.45) is 5.16 Å². The van der Waals surface area contributed by atoms with Crippen LogP contribution in [0.2, 0.25) is 10.0 Å². The minimum atomic E-state index is -0.441. The van der Waals surface area contributed by atoms with Crippen molar-refractivity contribution in [2.45, 2.75) is 6.61 Å². The monoisotopic (exact) mass is 313 g/mol. The molecule has 0 atom stereocenters. The van der Waals surface area contributed by atoms with Crippen LogP contribution in [-0.4, -0.2) is 11.4 Å². The number of benzene rings is 2. The molecule has 2 aromatic carbocycles. The van der Waals surface area contributed by atoms with Gasteiger partial charge in [-0.3, -0.25) is 0 Å². The summed E-state index contributed by atoms with van der Waals surface area (Å²) in [7, 11) is 0. The van der Waals surface area contributed by atoms with Crippen LogP contribution in [0, 0.1) is 5.82 Å². The molecule has 2 rings (SSSR count). The Morgan fingerprint density at radius 1 is 1.25 bits per heavy atom. The molecule has 20 heavy (non-hydrogen) atoms. The molecule has 0 fully saturated rings. The van der Waals surface area contributed by atoms with Gasteiger partial charge in [-0.05, 0) is 30.3 Å². The number of nitrogens with zero attached hydrogens (tertiary/aromatic N) is 1. The predicted octanol–water partition coefficient (Wildman–Crippen LogP) is 4.52. The number of rotatable bonds is 4. The molecule has 0 amide bonds. The molecular weight excluding hydrogens is 304 g/mol. The summed E-state index contributed by atoms with van der Waals surface area (Å²) in [6, 6.07) is 9.21. The second kappa shape index (κ2) is 6.59. The molecular formula is C14H10Cl2FNO2. The lowest BCUT2D eigenvalue weighted by Gasteiger charge is -2.11. The number of oxime groups is 1. The van der Waals surface area contributed by atoms with Crippen LogP contribution in [0.25, 0.3) is 0 Å². The van der Waals surface area contributed by atoms with Crippen LogP contribution in [0.3, 0.4) is 0 Å². The van der Waals surface area contributed by atoms with Crippen LogP contribution in [0.15, 0.2) is 41.6 Å². The fraction of sp³-hybridized carbons (Fsp3) is 0.0714. The SMILES string of the molecule is ON=Cc1cc(Cl)ccc1OCc1c(F)cccc1Cl. The summed E-state index contributed by atoms with van der Waals surface area (Å²) in [6.07, 6.45) is 1.18. The van der Waals surface area contributed by atoms with Crippen molar-refractivity contribution in [3.8, 4) is 5.75 Å². The molecule has 0 spiro atoms. The van der Waals surface area contributed by atoms with Gasteiger partial charge in [-0.25, -0.2) is 4.39 Å². The van der Waals surface area contributed by atoms with Crippen molar-refractivity contribution in [1.82, 2.24) is 0 Å². The highest BCUT2D eigenvalue weighted by Gasteiger charge is 2.09. The Morgan fingerprint density at radius 3 is 2.75 bits per heavy atom. The Morgan fingerprint density at radius 2 is 2.05 bits per heavy atom. The summed E-state index contributed by atoms with van der Waals surface area (Å²) in [5.74, 6) is -0.0321. The molecule has 3 nitrogen and oxygen atoms in total. The molecule has 0 heterocycles. The summed E-state index contributed by atoms with van der Waals surface area (Å²) < 4.78 is 19.1. The molecule has 0 bridgehead atoms. The highest BCUT2D eigenvalue weighted by atomic mass is 35.5. The molecule has 0 aromatic heterocycles. The predicted molar refractivity (Wildman–Crippen MR) is 76.6 cm³/mol. The molecule has 0 saturated heterocycles. The molecule has 0 aliphatic carbocycles. The van der Waals surface area contributed by atoms with Crippen molar-refractivity contribution >= 4 is 29.4 Å². The lowest BCUT2D eigenvalue weighted by molar-refractivity contribution is 0.298. The molecule has 0 aliphatic heterocycles. The second-order valence-corrected chi connectivity index (χ2v) is 4.76. The van der Waals surface area contributed by atoms with Gasteiger partial charge in [0.05, 0.1) is 11.2 Å². The topological polar surface area (TPSA) is 41.8 Å². The van der Waals surface area contributed by atoms with Crippen molar-refractivity contribution in [1.29, 1.82) is 0 Å². The molecule has 104 valence electrons. The van der Waals surface area contributed by atoms with Gasteiger partial charge in [-0.15, -0.1) is 0 Å². The number of ether oxygens (including phenoxy) is 1. The van der Waals surface area contributed by atoms with Crippen LogP contribution in [0.1, 0.15) is 11.1 Å². The van der Waals surface area contributed by atoms with Gasteiger partial charge in [0.2, 0.25) is 0 Å². The highest BCUT2D eigenvalue weighted by Crippen LogP contribution is 2.25. The van der Waals surface area contributed by atoms with Crippen LogP contribution in [0.4, 0.5) is 4.39 Å². The van der Waals surface area contributed by atoms with Gasteiger partial charge in [-0.2, -0.15) is 0 Å². The Bertz CT molecular complexity index is 627. The molecule has 0 radical (unpaired) electrons. The quantitative estimate of drug-likeness (QED) is 0.512. The average Bonchev–Trinajstić information content (AvgIpc) is 2.40. The van der Waals surface area contributed by atoms with Crippen LogP contribution < -0.4 is 4.74 Å². The first kappa shape index (κ1) is 14.6. The summed E-state index contributed by atoms with van der Waals surface area (Å²) in [4.78, 5) is 0. The number of hydrogen-bond acceptors (Lipinski definition) is 3. The van der Waals surface area contributed by atoms with Crippen molar-refractivity contribution in [3.63, 3.8) is 0 Å². The van der Waals surface area contributed by atoms with Gasteiger partial charge in [0.15, 0.2) is 0 Å². The number of halogens is 3. The van der Waals surface area contributed by atoms with E-state index in [1.807, 2.05) is 0 Å².